The molecular weight excluding hydrogens is 1770 g/mol. The van der Waals surface area contributed by atoms with Gasteiger partial charge in [0.1, 0.15) is 6.10 Å². The molecule has 16 aliphatic carbocycles. The zero-order valence-electron chi connectivity index (χ0n) is 88.7. The van der Waals surface area contributed by atoms with Gasteiger partial charge in [-0.25, -0.2) is 0 Å². The minimum absolute atomic E-state index is 0.0101. The van der Waals surface area contributed by atoms with E-state index in [4.69, 9.17) is 24.1 Å². The third-order valence-electron chi connectivity index (χ3n) is 45.2. The van der Waals surface area contributed by atoms with Crippen LogP contribution in [0.2, 0.25) is 0 Å². The van der Waals surface area contributed by atoms with E-state index in [9.17, 15) is 68.7 Å². The maximum atomic E-state index is 12.5. The molecule has 10 N–H and O–H groups in total. The number of methoxy groups -OCH3 is 2. The molecule has 139 heavy (non-hydrogen) atoms. The van der Waals surface area contributed by atoms with Crippen molar-refractivity contribution in [1.29, 1.82) is 0 Å². The van der Waals surface area contributed by atoms with Gasteiger partial charge in [-0.05, 0) is 410 Å². The Bertz CT molecular complexity index is 4110. The number of nitrogens with zero attached hydrogens (tertiary/aromatic N) is 1. The first-order valence-corrected chi connectivity index (χ1v) is 56.0. The average Bonchev–Trinajstić information content (AvgIpc) is 1.66. The Morgan fingerprint density at radius 1 is 0.360 bits per heavy atom. The van der Waals surface area contributed by atoms with Crippen molar-refractivity contribution in [3.05, 3.63) is 0 Å². The van der Waals surface area contributed by atoms with Gasteiger partial charge in [-0.15, -0.1) is 0 Å². The predicted octanol–water partition coefficient (Wildman–Crippen LogP) is 20.0. The second-order valence-electron chi connectivity index (χ2n) is 51.8. The third kappa shape index (κ3) is 23.9. The van der Waals surface area contributed by atoms with E-state index in [1.54, 1.807) is 11.9 Å². The number of halogens is 2. The van der Waals surface area contributed by atoms with E-state index in [1.165, 1.54) is 155 Å². The first-order chi connectivity index (χ1) is 65.8. The Hall–Kier alpha value is -5.11. The number of ether oxygens (including phenoxy) is 3. The van der Waals surface area contributed by atoms with Gasteiger partial charge in [-0.3, -0.25) is 43.2 Å². The van der Waals surface area contributed by atoms with Crippen LogP contribution in [0.15, 0.2) is 0 Å². The van der Waals surface area contributed by atoms with Crippen molar-refractivity contribution in [1.82, 2.24) is 20.9 Å². The molecule has 0 aromatic carbocycles. The molecule has 16 aliphatic rings. The normalized spacial score (nSPS) is 43.5. The first kappa shape index (κ1) is 113. The van der Waals surface area contributed by atoms with Gasteiger partial charge in [-0.2, -0.15) is 0 Å². The number of aliphatic hydroxyl groups is 5. The molecule has 0 saturated heterocycles. The number of hydrogen-bond acceptors (Lipinski definition) is 17. The highest BCUT2D eigenvalue weighted by molar-refractivity contribution is 5.78. The summed E-state index contributed by atoms with van der Waals surface area (Å²) in [6, 6.07) is 0. The molecule has 0 radical (unpaired) electrons. The number of carbonyl (C=O) groups is 9. The molecule has 4 amide bonds. The van der Waals surface area contributed by atoms with Crippen molar-refractivity contribution >= 4 is 54.0 Å². The molecule has 0 heterocycles. The van der Waals surface area contributed by atoms with Gasteiger partial charge in [0, 0.05) is 74.0 Å². The van der Waals surface area contributed by atoms with Crippen LogP contribution < -0.4 is 16.0 Å². The van der Waals surface area contributed by atoms with Crippen LogP contribution in [0.5, 0.6) is 0 Å². The Labute approximate surface area is 833 Å². The minimum atomic E-state index is -0.890. The van der Waals surface area contributed by atoms with Gasteiger partial charge in [0.25, 0.3) is 6.47 Å². The van der Waals surface area contributed by atoms with E-state index in [2.05, 4.69) is 122 Å². The molecule has 794 valence electrons. The summed E-state index contributed by atoms with van der Waals surface area (Å²) >= 11 is 0. The van der Waals surface area contributed by atoms with Crippen molar-refractivity contribution in [3.8, 4) is 0 Å². The fourth-order valence-corrected chi connectivity index (χ4v) is 37.6. The summed E-state index contributed by atoms with van der Waals surface area (Å²) in [4.78, 5) is 107. The number of hydrogen-bond donors (Lipinski definition) is 10. The maximum absolute atomic E-state index is 12.5. The zero-order valence-corrected chi connectivity index (χ0v) is 88.7. The minimum Gasteiger partial charge on any atom is -0.481 e. The molecule has 40 atom stereocenters. The lowest BCUT2D eigenvalue weighted by atomic mass is 9.43. The number of rotatable bonds is 30. The van der Waals surface area contributed by atoms with Crippen molar-refractivity contribution in [3.63, 3.8) is 0 Å². The van der Waals surface area contributed by atoms with Crippen molar-refractivity contribution in [2.75, 3.05) is 47.4 Å². The van der Waals surface area contributed by atoms with Crippen molar-refractivity contribution in [2.24, 2.45) is 197 Å². The van der Waals surface area contributed by atoms with E-state index in [0.29, 0.717) is 192 Å². The van der Waals surface area contributed by atoms with Crippen molar-refractivity contribution in [2.45, 2.75) is 416 Å². The largest absolute Gasteiger partial charge is 0.481 e. The highest BCUT2D eigenvalue weighted by Crippen LogP contribution is 2.75. The Balaban J connectivity index is 0.000000165. The number of carboxylic acid groups (broad SMARTS) is 2. The van der Waals surface area contributed by atoms with Gasteiger partial charge >= 0.3 is 23.9 Å². The fourth-order valence-electron chi connectivity index (χ4n) is 37.6. The maximum Gasteiger partial charge on any atom is 0.307 e. The first-order valence-electron chi connectivity index (χ1n) is 56.0. The van der Waals surface area contributed by atoms with Crippen LogP contribution in [0.3, 0.4) is 0 Å². The SMILES string of the molecule is COC(=O)CCNC(=O)CC[C@@H](C)[C@H]1CCC2[C@H]3C(CC[C@@]21C)[C@@]1(C)CC[C@@H](C)C[C@H]1C[C@@H]3OC=O.COC(=O)CCNC(=O)CC[C@@H](C)[C@H]1CCC2[C@H]3C(CC[C@@]21C)[C@@]1(C)CC[C@@H](C)C[C@H]1C[C@H]3O.C[C@H](CCC(=O)N(C)CCC(=O)O)[C@H]1CCC2[C@H]3C(CC[C@@]21C)[C@@]1(C)CC[C@@H](O)C[C@H]1C[C@@H]3O.C[C@H](CCC(=O)NCCC(=O)O)[C@H]1CCC2[C@H]3C(CC[C@@]21C)[C@@]1(C)CC[C@@H](O)C[C@H]1C[C@@H]3O.FF. The second kappa shape index (κ2) is 47.4. The number of nitrogens with one attached hydrogen (secondary N) is 3. The van der Waals surface area contributed by atoms with Crippen LogP contribution in [0.4, 0.5) is 9.15 Å². The van der Waals surface area contributed by atoms with Gasteiger partial charge in [0.05, 0.1) is 70.4 Å². The van der Waals surface area contributed by atoms with Crippen LogP contribution in [0.25, 0.3) is 0 Å². The van der Waals surface area contributed by atoms with Gasteiger partial charge in [0.15, 0.2) is 0 Å². The van der Waals surface area contributed by atoms with E-state index >= 15 is 0 Å². The molecule has 8 unspecified atom stereocenters. The number of carboxylic acids is 2. The topological polar surface area (TPSA) is 362 Å². The molecule has 16 rings (SSSR count). The summed E-state index contributed by atoms with van der Waals surface area (Å²) in [5.41, 5.74) is 2.28. The summed E-state index contributed by atoms with van der Waals surface area (Å²) in [6.07, 6.45) is 41.7. The van der Waals surface area contributed by atoms with Gasteiger partial charge in [-0.1, -0.05) is 110 Å². The molecule has 0 aliphatic heterocycles. The molecule has 0 bridgehead atoms. The number of aliphatic hydroxyl groups excluding tert-OH is 5. The summed E-state index contributed by atoms with van der Waals surface area (Å²) in [5.74, 6) is 12.2. The average molecular weight is 1960 g/mol. The zero-order chi connectivity index (χ0) is 102. The third-order valence-corrected chi connectivity index (χ3v) is 45.2. The van der Waals surface area contributed by atoms with Crippen LogP contribution in [-0.2, 0) is 57.4 Å². The monoisotopic (exact) mass is 1960 g/mol. The second-order valence-corrected chi connectivity index (χ2v) is 51.8. The smallest absolute Gasteiger partial charge is 0.307 e. The molecule has 16 fully saturated rings. The number of esters is 2. The van der Waals surface area contributed by atoms with Crippen LogP contribution in [0.1, 0.15) is 379 Å². The summed E-state index contributed by atoms with van der Waals surface area (Å²) in [6.45, 7) is 35.9. The fraction of sp³-hybridized carbons (Fsp3) is 0.921. The van der Waals surface area contributed by atoms with Crippen LogP contribution >= 0.6 is 0 Å². The molecule has 16 saturated carbocycles. The molecule has 0 aromatic heterocycles. The molecule has 0 aromatic rings. The van der Waals surface area contributed by atoms with Gasteiger partial charge < -0.3 is 70.8 Å². The quantitative estimate of drug-likeness (QED) is 0.0181. The lowest BCUT2D eigenvalue weighted by Crippen LogP contribution is -2.58. The van der Waals surface area contributed by atoms with E-state index in [1.807, 2.05) is 0 Å². The summed E-state index contributed by atoms with van der Waals surface area (Å²) < 4.78 is 31.2. The van der Waals surface area contributed by atoms with Gasteiger partial charge in [0.2, 0.25) is 23.6 Å². The lowest BCUT2D eigenvalue weighted by Gasteiger charge is -2.62. The van der Waals surface area contributed by atoms with E-state index in [-0.39, 0.29) is 143 Å². The summed E-state index contributed by atoms with van der Waals surface area (Å²) in [7, 11) is 4.44. The standard InChI is InChI=1S/C30H49NO5.C29H49NO4.C28H47NO5.C27H45NO5.F2/c1-19-10-13-29(3)21(16-19)17-25(36-18-32)28-23-8-7-22(30(23,4)14-11-24(28)29)20(2)6-9-26(33)31-15-12-27(34)35-5;1-18-10-13-28(3)20(16-18)17-24(31)27-22-8-7-21(29(22,4)14-11-23(27)28)19(2)6-9-25(32)30-15-12-26(33)34-5;1-17(5-8-24(32)29(4)14-11-25(33)34)20-6-7-21-26-22(10-13-28(20,21)3)27(2)12-9-19(30)15-18(27)16-23(26)31;1-16(4-7-23(31)28-13-10-24(32)33)19-5-6-20-25-21(9-12-27(19,20)3)26(2)11-8-18(29)14-17(26)15-22(25)30;1-2/h18-25,28H,6-17H2,1-5H3,(H,31,33);18-24,27,31H,6-17H2,1-5H3,(H,30,32);17-23,26,30-31H,5-16H2,1-4H3,(H,33,34);16-22,25,29-30H,4-15H2,1-3H3,(H,28,31)(H,32,33);/t19-,20-,21+,22-,23?,24?,25+,28+,29+,30-;18-,19-,20+,21-,22?,23?,24-,27+,28+,29-;17-,18+,19-,20-,21?,22?,23+,26+,27+,28-;16-,17+,18-,19-,20?,21?,22+,25+,26+,27-;/m1111./s1. The summed E-state index contributed by atoms with van der Waals surface area (Å²) in [5, 5.41) is 80.8. The Morgan fingerprint density at radius 2 is 0.640 bits per heavy atom. The molecule has 0 spiro atoms. The van der Waals surface area contributed by atoms with E-state index in [0.717, 1.165) is 108 Å². The lowest BCUT2D eigenvalue weighted by molar-refractivity contribution is -0.184. The molecular formula is C114H190F2N4O19. The Kier molecular flexibility index (Phi) is 38.4. The number of carbonyl (C=O) groups excluding carboxylic acids is 7. The predicted molar refractivity (Wildman–Crippen MR) is 532 cm³/mol. The Morgan fingerprint density at radius 3 is 0.964 bits per heavy atom. The highest BCUT2D eigenvalue weighted by atomic mass is 20.0. The molecule has 23 nitrogen and oxygen atoms in total. The number of aliphatic carboxylic acids is 2. The van der Waals surface area contributed by atoms with Crippen molar-refractivity contribution < 1.29 is 102 Å². The number of fused-ring (bicyclic) bond motifs is 20. The highest BCUT2D eigenvalue weighted by Gasteiger charge is 2.69. The van der Waals surface area contributed by atoms with E-state index < -0.39 is 11.9 Å². The van der Waals surface area contributed by atoms with Crippen LogP contribution in [-0.4, -0.2) is 179 Å². The van der Waals surface area contributed by atoms with Crippen LogP contribution in [0, 0.1) is 197 Å². The number of amides is 4. The molecule has 25 heteroatoms.